The molecule has 188 valence electrons. The molecule has 0 saturated carbocycles. The van der Waals surface area contributed by atoms with Crippen LogP contribution in [0.3, 0.4) is 0 Å². The van der Waals surface area contributed by atoms with Crippen molar-refractivity contribution in [1.29, 1.82) is 0 Å². The van der Waals surface area contributed by atoms with Crippen LogP contribution in [0.15, 0.2) is 54.3 Å². The molecular weight excluding hydrogens is 453 g/mol. The molecule has 0 aromatic carbocycles. The molecule has 1 aromatic rings. The predicted octanol–water partition coefficient (Wildman–Crippen LogP) is 4.31. The Morgan fingerprint density at radius 3 is 2.56 bits per heavy atom. The van der Waals surface area contributed by atoms with Crippen LogP contribution in [0, 0.1) is 0 Å². The van der Waals surface area contributed by atoms with Gasteiger partial charge in [0.25, 0.3) is 0 Å². The zero-order valence-electron chi connectivity index (χ0n) is 19.4. The highest BCUT2D eigenvalue weighted by Crippen LogP contribution is 2.23. The number of carbonyl (C=O) groups is 2. The monoisotopic (exact) mass is 484 g/mol. The second-order valence-corrected chi connectivity index (χ2v) is 7.10. The third-order valence-corrected chi connectivity index (χ3v) is 4.71. The van der Waals surface area contributed by atoms with Crippen LogP contribution < -0.4 is 11.1 Å². The number of nitrogens with zero attached hydrogens (tertiary/aromatic N) is 2. The number of aromatic nitrogens is 1. The number of amides is 2. The molecule has 8 nitrogen and oxygen atoms in total. The number of ether oxygens (including phenoxy) is 2. The smallest absolute Gasteiger partial charge is 0.488 e. The van der Waals surface area contributed by atoms with E-state index in [9.17, 15) is 22.8 Å². The Bertz CT molecular complexity index is 885. The molecule has 0 aliphatic carbocycles. The first-order chi connectivity index (χ1) is 16.1. The lowest BCUT2D eigenvalue weighted by molar-refractivity contribution is -0.222. The van der Waals surface area contributed by atoms with Gasteiger partial charge in [0.15, 0.2) is 0 Å². The Morgan fingerprint density at radius 2 is 1.97 bits per heavy atom. The van der Waals surface area contributed by atoms with Crippen LogP contribution >= 0.6 is 0 Å². The first-order valence-electron chi connectivity index (χ1n) is 10.6. The number of alkyl halides is 3. The van der Waals surface area contributed by atoms with Crippen molar-refractivity contribution in [2.45, 2.75) is 38.4 Å². The average molecular weight is 485 g/mol. The van der Waals surface area contributed by atoms with Gasteiger partial charge in [-0.3, -0.25) is 4.79 Å². The Hall–Kier alpha value is -3.50. The first-order valence-corrected chi connectivity index (χ1v) is 10.6. The van der Waals surface area contributed by atoms with Crippen LogP contribution in [0.5, 0.6) is 0 Å². The minimum absolute atomic E-state index is 0.0920. The molecule has 1 heterocycles. The molecular formula is C23H31F3N4O4. The van der Waals surface area contributed by atoms with E-state index >= 15 is 0 Å². The number of methoxy groups -OCH3 is 1. The van der Waals surface area contributed by atoms with Crippen LogP contribution in [0.4, 0.5) is 23.8 Å². The molecule has 34 heavy (non-hydrogen) atoms. The van der Waals surface area contributed by atoms with E-state index in [1.54, 1.807) is 19.2 Å². The molecule has 0 radical (unpaired) electrons. The van der Waals surface area contributed by atoms with E-state index in [1.165, 1.54) is 13.2 Å². The summed E-state index contributed by atoms with van der Waals surface area (Å²) in [4.78, 5) is 26.6. The van der Waals surface area contributed by atoms with Crippen molar-refractivity contribution < 1.29 is 32.2 Å². The number of urea groups is 1. The van der Waals surface area contributed by atoms with Crippen LogP contribution in [0.1, 0.15) is 31.4 Å². The van der Waals surface area contributed by atoms with Crippen molar-refractivity contribution in [3.05, 3.63) is 60.0 Å². The van der Waals surface area contributed by atoms with Crippen molar-refractivity contribution in [2.24, 2.45) is 5.73 Å². The Balaban J connectivity index is 2.85. The zero-order chi connectivity index (χ0) is 25.6. The van der Waals surface area contributed by atoms with Crippen molar-refractivity contribution in [3.63, 3.8) is 0 Å². The number of allylic oxidation sites excluding steroid dienone is 3. The lowest BCUT2D eigenvalue weighted by Crippen LogP contribution is -2.46. The second-order valence-electron chi connectivity index (χ2n) is 7.10. The number of hydrogen-bond donors (Lipinski definition) is 2. The fourth-order valence-electron chi connectivity index (χ4n) is 2.88. The number of pyridine rings is 1. The first kappa shape index (κ1) is 28.5. The summed E-state index contributed by atoms with van der Waals surface area (Å²) in [7, 11) is 3.03. The summed E-state index contributed by atoms with van der Waals surface area (Å²) >= 11 is 0. The number of anilines is 1. The quantitative estimate of drug-likeness (QED) is 0.176. The maximum absolute atomic E-state index is 13.0. The van der Waals surface area contributed by atoms with E-state index in [2.05, 4.69) is 21.6 Å². The molecule has 11 heteroatoms. The van der Waals surface area contributed by atoms with Gasteiger partial charge in [-0.15, -0.1) is 13.2 Å². The SMILES string of the molecule is C=C/C(=C\C=C(\CCCC(=O)OC)CCN(C(N)=O)C(F)(F)F)OCCc1cccc(NC)n1. The fraction of sp³-hybridized carbons (Fsp3) is 0.435. The van der Waals surface area contributed by atoms with E-state index in [-0.39, 0.29) is 17.7 Å². The van der Waals surface area contributed by atoms with E-state index in [0.29, 0.717) is 37.2 Å². The van der Waals surface area contributed by atoms with Gasteiger partial charge in [0.05, 0.1) is 13.7 Å². The van der Waals surface area contributed by atoms with Crippen LogP contribution in [-0.4, -0.2) is 55.5 Å². The largest absolute Gasteiger partial charge is 0.493 e. The fourth-order valence-corrected chi connectivity index (χ4v) is 2.88. The zero-order valence-corrected chi connectivity index (χ0v) is 19.4. The predicted molar refractivity (Wildman–Crippen MR) is 123 cm³/mol. The molecule has 0 saturated heterocycles. The van der Waals surface area contributed by atoms with Gasteiger partial charge in [-0.2, -0.15) is 0 Å². The van der Waals surface area contributed by atoms with Gasteiger partial charge in [-0.25, -0.2) is 14.7 Å². The van der Waals surface area contributed by atoms with Gasteiger partial charge >= 0.3 is 18.3 Å². The highest BCUT2D eigenvalue weighted by molar-refractivity contribution is 5.72. The number of esters is 1. The maximum Gasteiger partial charge on any atom is 0.488 e. The van der Waals surface area contributed by atoms with Gasteiger partial charge in [0.1, 0.15) is 11.6 Å². The number of nitrogens with one attached hydrogen (secondary N) is 1. The average Bonchev–Trinajstić information content (AvgIpc) is 2.79. The Kier molecular flexibility index (Phi) is 12.3. The third kappa shape index (κ3) is 10.9. The molecule has 3 N–H and O–H groups in total. The van der Waals surface area contributed by atoms with Gasteiger partial charge in [-0.05, 0) is 43.5 Å². The van der Waals surface area contributed by atoms with Crippen molar-refractivity contribution in [3.8, 4) is 0 Å². The lowest BCUT2D eigenvalue weighted by Gasteiger charge is -2.23. The number of hydrogen-bond acceptors (Lipinski definition) is 6. The van der Waals surface area contributed by atoms with Crippen molar-refractivity contribution in [1.82, 2.24) is 9.88 Å². The standard InChI is InChI=1S/C23H31F3N4O4/c1-4-19(34-16-14-18-8-6-9-20(28-2)29-18)12-11-17(7-5-10-21(31)33-3)13-15-30(22(27)32)23(24,25)26/h4,6,8-9,11-12H,1,5,7,10,13-16H2,2-3H3,(H2,27,32)(H,28,29)/b17-11-,19-12+. The molecule has 0 bridgehead atoms. The van der Waals surface area contributed by atoms with Crippen LogP contribution in [0.2, 0.25) is 0 Å². The lowest BCUT2D eigenvalue weighted by atomic mass is 10.0. The summed E-state index contributed by atoms with van der Waals surface area (Å²) in [6, 6.07) is 4.00. The molecule has 0 spiro atoms. The number of nitrogens with two attached hydrogens (primary N) is 1. The minimum atomic E-state index is -4.88. The number of primary amides is 1. The molecule has 0 atom stereocenters. The molecule has 1 rings (SSSR count). The van der Waals surface area contributed by atoms with Crippen molar-refractivity contribution >= 4 is 17.8 Å². The molecule has 2 amide bonds. The summed E-state index contributed by atoms with van der Waals surface area (Å²) in [5, 5.41) is 2.95. The number of rotatable bonds is 14. The molecule has 0 aliphatic rings. The van der Waals surface area contributed by atoms with E-state index < -0.39 is 24.8 Å². The minimum Gasteiger partial charge on any atom is -0.493 e. The van der Waals surface area contributed by atoms with Crippen molar-refractivity contribution in [2.75, 3.05) is 32.6 Å². The maximum atomic E-state index is 13.0. The van der Waals surface area contributed by atoms with Gasteiger partial charge in [0, 0.05) is 32.1 Å². The summed E-state index contributed by atoms with van der Waals surface area (Å²) in [5.74, 6) is 0.730. The van der Waals surface area contributed by atoms with Crippen LogP contribution in [0.25, 0.3) is 0 Å². The van der Waals surface area contributed by atoms with E-state index in [1.807, 2.05) is 18.2 Å². The summed E-state index contributed by atoms with van der Waals surface area (Å²) in [6.45, 7) is 3.36. The normalized spacial score (nSPS) is 12.1. The number of halogens is 3. The van der Waals surface area contributed by atoms with Gasteiger partial charge < -0.3 is 20.5 Å². The molecule has 0 fully saturated rings. The highest BCUT2D eigenvalue weighted by atomic mass is 19.4. The summed E-state index contributed by atoms with van der Waals surface area (Å²) in [6.07, 6.45) is 1.02. The molecule has 0 aliphatic heterocycles. The topological polar surface area (TPSA) is 107 Å². The second kappa shape index (κ2) is 14.6. The molecule has 0 unspecified atom stereocenters. The third-order valence-electron chi connectivity index (χ3n) is 4.71. The van der Waals surface area contributed by atoms with Gasteiger partial charge in [0.2, 0.25) is 0 Å². The van der Waals surface area contributed by atoms with E-state index in [0.717, 1.165) is 11.5 Å². The van der Waals surface area contributed by atoms with Crippen LogP contribution in [-0.2, 0) is 20.7 Å². The summed E-state index contributed by atoms with van der Waals surface area (Å²) in [5.41, 5.74) is 6.27. The Labute approximate surface area is 197 Å². The highest BCUT2D eigenvalue weighted by Gasteiger charge is 2.39. The molecule has 1 aromatic heterocycles. The van der Waals surface area contributed by atoms with Gasteiger partial charge in [-0.1, -0.05) is 24.3 Å². The summed E-state index contributed by atoms with van der Waals surface area (Å²) < 4.78 is 49.3. The van der Waals surface area contributed by atoms with E-state index in [4.69, 9.17) is 10.5 Å². The Morgan fingerprint density at radius 1 is 1.24 bits per heavy atom. The number of carbonyl (C=O) groups excluding carboxylic acids is 2.